The Morgan fingerprint density at radius 2 is 2.00 bits per heavy atom. The second kappa shape index (κ2) is 9.71. The molecule has 4 aliphatic rings. The molecule has 3 fully saturated rings. The fourth-order valence-corrected chi connectivity index (χ4v) is 10.5. The van der Waals surface area contributed by atoms with Crippen LogP contribution in [-0.2, 0) is 11.2 Å². The summed E-state index contributed by atoms with van der Waals surface area (Å²) in [4.78, 5) is 26.8. The number of aryl methyl sites for hydroxylation is 1. The van der Waals surface area contributed by atoms with Crippen molar-refractivity contribution in [1.82, 2.24) is 9.78 Å². The minimum absolute atomic E-state index is 0.0478. The van der Waals surface area contributed by atoms with Crippen LogP contribution in [0.2, 0.25) is 0 Å². The number of carbonyl (C=O) groups is 2. The number of hydrogen-bond donors (Lipinski definition) is 3. The molecule has 7 rings (SSSR count). The number of nitrogens with zero attached hydrogens (tertiary/aromatic N) is 2. The number of aromatic nitrogens is 2. The SMILES string of the molecule is CC(=O)[C@@]1(O)CC[C@H]2[C@@H]3C[C@H](C)C4=Cc5nn(-c6cccc(C(=O)Nc7csc(C)c7)c6)cc5C[C@]4(C)[C@H]3[C@@H](O)C[C@@]21C. The quantitative estimate of drug-likeness (QED) is 0.331. The number of Topliss-reactive ketones (excluding diaryl/α,β-unsaturated/α-hetero) is 1. The monoisotopic (exact) mass is 599 g/mol. The number of nitrogens with one attached hydrogen (secondary N) is 1. The Hall–Kier alpha value is -3.07. The highest BCUT2D eigenvalue weighted by Crippen LogP contribution is 2.68. The van der Waals surface area contributed by atoms with Gasteiger partial charge in [0.2, 0.25) is 0 Å². The molecule has 2 aromatic heterocycles. The van der Waals surface area contributed by atoms with Gasteiger partial charge in [-0.25, -0.2) is 4.68 Å². The highest BCUT2D eigenvalue weighted by atomic mass is 32.1. The zero-order valence-corrected chi connectivity index (χ0v) is 26.4. The lowest BCUT2D eigenvalue weighted by atomic mass is 9.44. The lowest BCUT2D eigenvalue weighted by molar-refractivity contribution is -0.180. The number of benzene rings is 1. The first-order valence-corrected chi connectivity index (χ1v) is 16.4. The van der Waals surface area contributed by atoms with Crippen molar-refractivity contribution >= 4 is 34.8 Å². The van der Waals surface area contributed by atoms with E-state index in [1.165, 1.54) is 12.5 Å². The molecule has 3 N–H and O–H groups in total. The van der Waals surface area contributed by atoms with Crippen molar-refractivity contribution in [1.29, 1.82) is 0 Å². The minimum atomic E-state index is -1.36. The van der Waals surface area contributed by atoms with Gasteiger partial charge in [-0.1, -0.05) is 32.4 Å². The van der Waals surface area contributed by atoms with E-state index in [9.17, 15) is 19.8 Å². The van der Waals surface area contributed by atoms with Gasteiger partial charge in [0.15, 0.2) is 5.78 Å². The van der Waals surface area contributed by atoms with Crippen molar-refractivity contribution in [3.05, 3.63) is 69.2 Å². The first-order valence-electron chi connectivity index (χ1n) is 15.5. The van der Waals surface area contributed by atoms with Crippen LogP contribution in [0, 0.1) is 41.4 Å². The third-order valence-electron chi connectivity index (χ3n) is 11.8. The smallest absolute Gasteiger partial charge is 0.255 e. The summed E-state index contributed by atoms with van der Waals surface area (Å²) in [6.07, 6.45) is 7.17. The first kappa shape index (κ1) is 28.7. The van der Waals surface area contributed by atoms with Gasteiger partial charge in [0, 0.05) is 27.4 Å². The molecule has 0 aliphatic heterocycles. The molecule has 8 atom stereocenters. The zero-order chi connectivity index (χ0) is 30.5. The standard InChI is InChI=1S/C35H41N3O4S/c1-19-11-26-27-9-10-35(42,21(3)39)34(27,5)16-30(40)31(26)33(4)15-23-17-38(37-29(23)14-28(19)33)25-8-6-7-22(13-25)32(41)36-24-12-20(2)43-18-24/h6-8,12-14,17-19,26-27,30-31,40,42H,9-11,15-16H2,1-5H3,(H,36,41)/t19-,26-,27-,30-,31+,33-,34-,35-/m0/s1. The Bertz CT molecular complexity index is 1670. The number of fused-ring (bicyclic) bond motifs is 6. The van der Waals surface area contributed by atoms with Crippen LogP contribution >= 0.6 is 11.3 Å². The molecular formula is C35H41N3O4S. The van der Waals surface area contributed by atoms with Gasteiger partial charge in [-0.3, -0.25) is 9.59 Å². The summed E-state index contributed by atoms with van der Waals surface area (Å²) in [6.45, 7) is 10.2. The van der Waals surface area contributed by atoms with E-state index in [-0.39, 0.29) is 34.9 Å². The predicted molar refractivity (Wildman–Crippen MR) is 168 cm³/mol. The maximum Gasteiger partial charge on any atom is 0.255 e. The molecule has 226 valence electrons. The third-order valence-corrected chi connectivity index (χ3v) is 12.6. The molecule has 3 aromatic rings. The highest BCUT2D eigenvalue weighted by molar-refractivity contribution is 7.10. The van der Waals surface area contributed by atoms with Crippen LogP contribution in [0.4, 0.5) is 5.69 Å². The molecule has 2 heterocycles. The van der Waals surface area contributed by atoms with E-state index >= 15 is 0 Å². The second-order valence-corrected chi connectivity index (χ2v) is 15.3. The topological polar surface area (TPSA) is 104 Å². The zero-order valence-electron chi connectivity index (χ0n) is 25.6. The molecule has 8 heteroatoms. The average Bonchev–Trinajstić information content (AvgIpc) is 3.63. The largest absolute Gasteiger partial charge is 0.393 e. The van der Waals surface area contributed by atoms with Gasteiger partial charge in [-0.2, -0.15) is 5.10 Å². The van der Waals surface area contributed by atoms with E-state index < -0.39 is 17.1 Å². The fraction of sp³-hybridized carbons (Fsp3) is 0.514. The Balaban J connectivity index is 1.19. The van der Waals surface area contributed by atoms with Crippen LogP contribution in [0.1, 0.15) is 79.9 Å². The molecule has 0 radical (unpaired) electrons. The van der Waals surface area contributed by atoms with E-state index in [1.807, 2.05) is 54.2 Å². The molecule has 3 saturated carbocycles. The summed E-state index contributed by atoms with van der Waals surface area (Å²) in [5.41, 5.74) is 3.40. The van der Waals surface area contributed by atoms with Crippen molar-refractivity contribution in [3.8, 4) is 5.69 Å². The Morgan fingerprint density at radius 3 is 2.72 bits per heavy atom. The Kier molecular flexibility index (Phi) is 6.48. The number of rotatable bonds is 4. The molecule has 0 bridgehead atoms. The van der Waals surface area contributed by atoms with E-state index in [0.29, 0.717) is 24.3 Å². The number of aliphatic hydroxyl groups is 2. The van der Waals surface area contributed by atoms with Gasteiger partial charge in [0.1, 0.15) is 5.60 Å². The summed E-state index contributed by atoms with van der Waals surface area (Å²) in [7, 11) is 0. The molecule has 1 aromatic carbocycles. The molecule has 0 saturated heterocycles. The second-order valence-electron chi connectivity index (χ2n) is 14.2. The van der Waals surface area contributed by atoms with Crippen molar-refractivity contribution in [2.75, 3.05) is 5.32 Å². The lowest BCUT2D eigenvalue weighted by Gasteiger charge is -2.61. The van der Waals surface area contributed by atoms with Crippen molar-refractivity contribution < 1.29 is 19.8 Å². The van der Waals surface area contributed by atoms with E-state index in [0.717, 1.165) is 46.8 Å². The number of hydrogen-bond acceptors (Lipinski definition) is 6. The lowest BCUT2D eigenvalue weighted by Crippen LogP contribution is -2.62. The van der Waals surface area contributed by atoms with E-state index in [4.69, 9.17) is 5.10 Å². The number of allylic oxidation sites excluding steroid dienone is 1. The highest BCUT2D eigenvalue weighted by Gasteiger charge is 2.68. The van der Waals surface area contributed by atoms with Gasteiger partial charge in [-0.05, 0) is 111 Å². The number of thiophene rings is 1. The van der Waals surface area contributed by atoms with E-state index in [2.05, 4.69) is 31.4 Å². The minimum Gasteiger partial charge on any atom is -0.393 e. The van der Waals surface area contributed by atoms with Crippen molar-refractivity contribution in [3.63, 3.8) is 0 Å². The normalized spacial score (nSPS) is 36.2. The Morgan fingerprint density at radius 1 is 1.21 bits per heavy atom. The van der Waals surface area contributed by atoms with Crippen molar-refractivity contribution in [2.24, 2.45) is 34.5 Å². The van der Waals surface area contributed by atoms with Crippen LogP contribution in [0.15, 0.2) is 47.5 Å². The summed E-state index contributed by atoms with van der Waals surface area (Å²) < 4.78 is 1.87. The molecule has 0 unspecified atom stereocenters. The van der Waals surface area contributed by atoms with Crippen LogP contribution < -0.4 is 5.32 Å². The predicted octanol–water partition coefficient (Wildman–Crippen LogP) is 6.21. The number of carbonyl (C=O) groups excluding carboxylic acids is 2. The molecule has 4 aliphatic carbocycles. The van der Waals surface area contributed by atoms with E-state index in [1.54, 1.807) is 11.3 Å². The van der Waals surface area contributed by atoms with Gasteiger partial charge in [0.25, 0.3) is 5.91 Å². The Labute approximate surface area is 257 Å². The summed E-state index contributed by atoms with van der Waals surface area (Å²) in [5.74, 6) is 0.463. The summed E-state index contributed by atoms with van der Waals surface area (Å²) in [6, 6.07) is 9.50. The molecule has 7 nitrogen and oxygen atoms in total. The van der Waals surface area contributed by atoms with Crippen LogP contribution in [0.25, 0.3) is 11.8 Å². The molecule has 1 amide bonds. The van der Waals surface area contributed by atoms with Crippen molar-refractivity contribution in [2.45, 2.75) is 78.4 Å². The number of ketones is 1. The van der Waals surface area contributed by atoms with Crippen LogP contribution in [0.5, 0.6) is 0 Å². The summed E-state index contributed by atoms with van der Waals surface area (Å²) >= 11 is 1.60. The molecule has 0 spiro atoms. The van der Waals surface area contributed by atoms with Gasteiger partial charge >= 0.3 is 0 Å². The molecule has 43 heavy (non-hydrogen) atoms. The van der Waals surface area contributed by atoms with Crippen LogP contribution in [0.3, 0.4) is 0 Å². The molecular weight excluding hydrogens is 558 g/mol. The average molecular weight is 600 g/mol. The number of amides is 1. The summed E-state index contributed by atoms with van der Waals surface area (Å²) in [5, 5.41) is 33.3. The number of aliphatic hydroxyl groups excluding tert-OH is 1. The maximum absolute atomic E-state index is 13.0. The van der Waals surface area contributed by atoms with Gasteiger partial charge in [0.05, 0.1) is 23.2 Å². The van der Waals surface area contributed by atoms with Crippen LogP contribution in [-0.4, -0.2) is 43.4 Å². The van der Waals surface area contributed by atoms with Gasteiger partial charge < -0.3 is 15.5 Å². The fourth-order valence-electron chi connectivity index (χ4n) is 9.84. The first-order chi connectivity index (χ1) is 20.3. The number of anilines is 1. The third kappa shape index (κ3) is 4.16. The maximum atomic E-state index is 13.0. The van der Waals surface area contributed by atoms with Gasteiger partial charge in [-0.15, -0.1) is 11.3 Å².